The first-order valence-electron chi connectivity index (χ1n) is 5.17. The lowest BCUT2D eigenvalue weighted by Gasteiger charge is -2.05. The molecule has 98 valence electrons. The van der Waals surface area contributed by atoms with Gasteiger partial charge in [-0.1, -0.05) is 6.07 Å². The van der Waals surface area contributed by atoms with Crippen LogP contribution in [0.3, 0.4) is 0 Å². The molecule has 0 spiro atoms. The number of rotatable bonds is 3. The van der Waals surface area contributed by atoms with E-state index in [0.717, 1.165) is 11.8 Å². The van der Waals surface area contributed by atoms with E-state index in [1.807, 2.05) is 0 Å². The molecule has 1 aromatic carbocycles. The van der Waals surface area contributed by atoms with Gasteiger partial charge in [-0.2, -0.15) is 0 Å². The highest BCUT2D eigenvalue weighted by molar-refractivity contribution is 8.18. The van der Waals surface area contributed by atoms with E-state index in [1.54, 1.807) is 6.07 Å². The van der Waals surface area contributed by atoms with E-state index >= 15 is 0 Å². The summed E-state index contributed by atoms with van der Waals surface area (Å²) in [5.41, 5.74) is 0.497. The van der Waals surface area contributed by atoms with Crippen LogP contribution in [0.25, 0.3) is 6.08 Å². The largest absolute Gasteiger partial charge is 0.496 e. The van der Waals surface area contributed by atoms with Crippen LogP contribution in [0.15, 0.2) is 23.1 Å². The molecule has 1 aromatic rings. The van der Waals surface area contributed by atoms with E-state index in [1.165, 1.54) is 25.3 Å². The van der Waals surface area contributed by atoms with Crippen molar-refractivity contribution in [3.05, 3.63) is 34.2 Å². The first kappa shape index (κ1) is 13.2. The number of thioether (sulfide) groups is 1. The molecule has 2 amide bonds. The zero-order valence-electron chi connectivity index (χ0n) is 9.80. The summed E-state index contributed by atoms with van der Waals surface area (Å²) >= 11 is 0.776. The molecule has 2 rings (SSSR count). The Labute approximate surface area is 112 Å². The van der Waals surface area contributed by atoms with Crippen LogP contribution in [0.4, 0.5) is 4.79 Å². The van der Waals surface area contributed by atoms with Gasteiger partial charge in [0.05, 0.1) is 12.0 Å². The van der Waals surface area contributed by atoms with E-state index in [9.17, 15) is 14.4 Å². The predicted octanol–water partition coefficient (Wildman–Crippen LogP) is 1.72. The van der Waals surface area contributed by atoms with Crippen LogP contribution in [-0.2, 0) is 4.79 Å². The van der Waals surface area contributed by atoms with Crippen molar-refractivity contribution in [2.24, 2.45) is 0 Å². The molecule has 1 fully saturated rings. The summed E-state index contributed by atoms with van der Waals surface area (Å²) in [6.45, 7) is 0. The summed E-state index contributed by atoms with van der Waals surface area (Å²) in [6, 6.07) is 4.48. The second-order valence-electron chi connectivity index (χ2n) is 3.62. The highest BCUT2D eigenvalue weighted by Gasteiger charge is 2.25. The maximum absolute atomic E-state index is 11.4. The Kier molecular flexibility index (Phi) is 3.57. The van der Waals surface area contributed by atoms with Crippen molar-refractivity contribution < 1.29 is 24.2 Å². The molecule has 6 nitrogen and oxygen atoms in total. The van der Waals surface area contributed by atoms with E-state index in [-0.39, 0.29) is 16.2 Å². The predicted molar refractivity (Wildman–Crippen MR) is 69.1 cm³/mol. The fraction of sp³-hybridized carbons (Fsp3) is 0.0833. The minimum Gasteiger partial charge on any atom is -0.496 e. The maximum Gasteiger partial charge on any atom is 0.339 e. The van der Waals surface area contributed by atoms with Gasteiger partial charge in [0.2, 0.25) is 0 Å². The van der Waals surface area contributed by atoms with E-state index in [2.05, 4.69) is 5.32 Å². The normalized spacial score (nSPS) is 16.6. The lowest BCUT2D eigenvalue weighted by Crippen LogP contribution is -2.17. The van der Waals surface area contributed by atoms with Gasteiger partial charge in [-0.15, -0.1) is 0 Å². The van der Waals surface area contributed by atoms with Gasteiger partial charge in [0.1, 0.15) is 11.3 Å². The maximum atomic E-state index is 11.4. The average Bonchev–Trinajstić information content (AvgIpc) is 2.67. The summed E-state index contributed by atoms with van der Waals surface area (Å²) in [4.78, 5) is 33.7. The van der Waals surface area contributed by atoms with Crippen LogP contribution >= 0.6 is 11.8 Å². The minimum atomic E-state index is -1.13. The topological polar surface area (TPSA) is 92.7 Å². The zero-order valence-corrected chi connectivity index (χ0v) is 10.6. The number of carbonyl (C=O) groups is 3. The fourth-order valence-electron chi connectivity index (χ4n) is 1.55. The number of imide groups is 1. The quantitative estimate of drug-likeness (QED) is 0.818. The molecule has 0 aliphatic carbocycles. The van der Waals surface area contributed by atoms with Crippen LogP contribution < -0.4 is 10.1 Å². The molecule has 2 N–H and O–H groups in total. The molecule has 1 aliphatic heterocycles. The van der Waals surface area contributed by atoms with Crippen molar-refractivity contribution in [1.29, 1.82) is 0 Å². The Morgan fingerprint density at radius 1 is 1.42 bits per heavy atom. The van der Waals surface area contributed by atoms with Crippen molar-refractivity contribution in [3.63, 3.8) is 0 Å². The first-order chi connectivity index (χ1) is 9.01. The smallest absolute Gasteiger partial charge is 0.339 e. The van der Waals surface area contributed by atoms with Crippen molar-refractivity contribution in [3.8, 4) is 5.75 Å². The van der Waals surface area contributed by atoms with Crippen molar-refractivity contribution >= 4 is 35.0 Å². The molecule has 1 saturated heterocycles. The third kappa shape index (κ3) is 2.76. The molecular formula is C12H9NO5S. The molecule has 0 aromatic heterocycles. The summed E-state index contributed by atoms with van der Waals surface area (Å²) in [6.07, 6.45) is 1.46. The molecule has 0 unspecified atom stereocenters. The van der Waals surface area contributed by atoms with E-state index in [0.29, 0.717) is 5.56 Å². The van der Waals surface area contributed by atoms with Crippen LogP contribution in [0.1, 0.15) is 15.9 Å². The number of carboxylic acid groups (broad SMARTS) is 1. The molecular weight excluding hydrogens is 270 g/mol. The molecule has 0 atom stereocenters. The second-order valence-corrected chi connectivity index (χ2v) is 4.63. The zero-order chi connectivity index (χ0) is 14.0. The lowest BCUT2D eigenvalue weighted by molar-refractivity contribution is -0.115. The average molecular weight is 279 g/mol. The molecule has 19 heavy (non-hydrogen) atoms. The van der Waals surface area contributed by atoms with Gasteiger partial charge >= 0.3 is 5.97 Å². The number of hydrogen-bond acceptors (Lipinski definition) is 5. The SMILES string of the molecule is COc1ccc(C=C2SC(=O)NC2=O)cc1C(=O)O. The van der Waals surface area contributed by atoms with Gasteiger partial charge in [-0.25, -0.2) is 4.79 Å². The minimum absolute atomic E-state index is 0.00779. The second kappa shape index (κ2) is 5.15. The monoisotopic (exact) mass is 279 g/mol. The molecule has 7 heteroatoms. The summed E-state index contributed by atoms with van der Waals surface area (Å²) in [7, 11) is 1.37. The van der Waals surface area contributed by atoms with Gasteiger partial charge in [0.15, 0.2) is 0 Å². The number of nitrogens with one attached hydrogen (secondary N) is 1. The molecule has 1 heterocycles. The van der Waals surface area contributed by atoms with Gasteiger partial charge in [0.25, 0.3) is 11.1 Å². The van der Waals surface area contributed by atoms with E-state index in [4.69, 9.17) is 9.84 Å². The molecule has 0 radical (unpaired) electrons. The Bertz CT molecular complexity index is 608. The standard InChI is InChI=1S/C12H9NO5S/c1-18-8-3-2-6(4-7(8)11(15)16)5-9-10(14)13-12(17)19-9/h2-5H,1H3,(H,15,16)(H,13,14,17). The van der Waals surface area contributed by atoms with Crippen LogP contribution in [0.5, 0.6) is 5.75 Å². The highest BCUT2D eigenvalue weighted by Crippen LogP contribution is 2.27. The summed E-state index contributed by atoms with van der Waals surface area (Å²) < 4.78 is 4.93. The number of benzene rings is 1. The molecule has 1 aliphatic rings. The Balaban J connectivity index is 2.39. The number of carboxylic acids is 1. The molecule has 0 bridgehead atoms. The number of ether oxygens (including phenoxy) is 1. The van der Waals surface area contributed by atoms with Crippen molar-refractivity contribution in [2.45, 2.75) is 0 Å². The first-order valence-corrected chi connectivity index (χ1v) is 5.99. The van der Waals surface area contributed by atoms with Crippen molar-refractivity contribution in [2.75, 3.05) is 7.11 Å². The van der Waals surface area contributed by atoms with Gasteiger partial charge in [0, 0.05) is 0 Å². The summed E-state index contributed by atoms with van der Waals surface area (Å²) in [5, 5.41) is 10.7. The fourth-order valence-corrected chi connectivity index (χ4v) is 2.24. The lowest BCUT2D eigenvalue weighted by atomic mass is 10.1. The van der Waals surface area contributed by atoms with Crippen LogP contribution in [0.2, 0.25) is 0 Å². The van der Waals surface area contributed by atoms with Crippen LogP contribution in [0, 0.1) is 0 Å². The number of methoxy groups -OCH3 is 1. The Morgan fingerprint density at radius 2 is 2.16 bits per heavy atom. The third-order valence-corrected chi connectivity index (χ3v) is 3.20. The third-order valence-electron chi connectivity index (χ3n) is 2.39. The number of aromatic carboxylic acids is 1. The van der Waals surface area contributed by atoms with Crippen LogP contribution in [-0.4, -0.2) is 29.3 Å². The van der Waals surface area contributed by atoms with E-state index < -0.39 is 17.1 Å². The van der Waals surface area contributed by atoms with Gasteiger partial charge in [-0.3, -0.25) is 14.9 Å². The van der Waals surface area contributed by atoms with Gasteiger partial charge < -0.3 is 9.84 Å². The Morgan fingerprint density at radius 3 is 2.68 bits per heavy atom. The molecule has 0 saturated carbocycles. The van der Waals surface area contributed by atoms with Crippen molar-refractivity contribution in [1.82, 2.24) is 5.32 Å². The summed E-state index contributed by atoms with van der Waals surface area (Å²) in [5.74, 6) is -1.38. The van der Waals surface area contributed by atoms with Gasteiger partial charge in [-0.05, 0) is 35.5 Å². The number of carbonyl (C=O) groups excluding carboxylic acids is 2. The number of amides is 2. The highest BCUT2D eigenvalue weighted by atomic mass is 32.2. The number of hydrogen-bond donors (Lipinski definition) is 2. The Hall–Kier alpha value is -2.28.